The van der Waals surface area contributed by atoms with E-state index in [0.717, 1.165) is 80.5 Å². The molecule has 0 bridgehead atoms. The second-order valence-corrected chi connectivity index (χ2v) is 9.10. The van der Waals surface area contributed by atoms with Crippen LogP contribution in [-0.4, -0.2) is 52.1 Å². The van der Waals surface area contributed by atoms with Gasteiger partial charge >= 0.3 is 0 Å². The summed E-state index contributed by atoms with van der Waals surface area (Å²) < 4.78 is 5.58. The Bertz CT molecular complexity index is 899. The fraction of sp³-hybridized carbons (Fsp3) is 0.652. The van der Waals surface area contributed by atoms with Crippen LogP contribution in [0.2, 0.25) is 0 Å². The molecule has 4 heterocycles. The lowest BCUT2D eigenvalue weighted by Gasteiger charge is -2.34. The van der Waals surface area contributed by atoms with Crippen LogP contribution in [0, 0.1) is 12.8 Å². The van der Waals surface area contributed by atoms with Crippen LogP contribution in [-0.2, 0) is 4.79 Å². The summed E-state index contributed by atoms with van der Waals surface area (Å²) in [6.45, 7) is 5.56. The van der Waals surface area contributed by atoms with Crippen molar-refractivity contribution in [1.29, 1.82) is 0 Å². The first kappa shape index (κ1) is 19.5. The van der Waals surface area contributed by atoms with Gasteiger partial charge in [-0.3, -0.25) is 4.79 Å². The molecule has 1 aliphatic carbocycles. The summed E-state index contributed by atoms with van der Waals surface area (Å²) in [6, 6.07) is 1.95. The molecular formula is C23H31N5O2. The van der Waals surface area contributed by atoms with Crippen molar-refractivity contribution in [1.82, 2.24) is 20.0 Å². The van der Waals surface area contributed by atoms with Crippen molar-refractivity contribution in [3.8, 4) is 11.3 Å². The number of piperidine rings is 1. The van der Waals surface area contributed by atoms with E-state index in [4.69, 9.17) is 9.51 Å². The number of anilines is 1. The third-order valence-electron chi connectivity index (χ3n) is 6.91. The molecule has 0 unspecified atom stereocenters. The maximum absolute atomic E-state index is 13.1. The van der Waals surface area contributed by atoms with Crippen molar-refractivity contribution in [2.24, 2.45) is 5.92 Å². The average molecular weight is 410 g/mol. The maximum atomic E-state index is 13.1. The molecule has 2 aromatic heterocycles. The normalized spacial score (nSPS) is 22.8. The fourth-order valence-corrected chi connectivity index (χ4v) is 5.28. The molecule has 3 aliphatic rings. The van der Waals surface area contributed by atoms with Crippen molar-refractivity contribution in [2.75, 3.05) is 31.1 Å². The van der Waals surface area contributed by atoms with Crippen molar-refractivity contribution in [2.45, 2.75) is 64.2 Å². The van der Waals surface area contributed by atoms with E-state index < -0.39 is 0 Å². The molecule has 1 atom stereocenters. The third kappa shape index (κ3) is 3.82. The molecule has 1 amide bonds. The topological polar surface area (TPSA) is 75.4 Å². The van der Waals surface area contributed by atoms with E-state index in [0.29, 0.717) is 5.91 Å². The van der Waals surface area contributed by atoms with Crippen molar-refractivity contribution >= 4 is 11.9 Å². The summed E-state index contributed by atoms with van der Waals surface area (Å²) in [4.78, 5) is 27.1. The van der Waals surface area contributed by atoms with Crippen LogP contribution in [0.25, 0.3) is 11.3 Å². The number of amides is 1. The molecule has 3 fully saturated rings. The van der Waals surface area contributed by atoms with E-state index >= 15 is 0 Å². The van der Waals surface area contributed by atoms with Gasteiger partial charge in [-0.05, 0) is 45.4 Å². The Hall–Kier alpha value is -2.44. The SMILES string of the molecule is Cc1cc(-c2cnc(N3CCCC3)nc2[C@H]2CCCN(C(=O)C3CCCC3)C2)on1. The van der Waals surface area contributed by atoms with Gasteiger partial charge in [-0.2, -0.15) is 0 Å². The summed E-state index contributed by atoms with van der Waals surface area (Å²) in [5, 5.41) is 4.07. The minimum atomic E-state index is 0.203. The number of nitrogens with zero attached hydrogens (tertiary/aromatic N) is 5. The fourth-order valence-electron chi connectivity index (χ4n) is 5.28. The van der Waals surface area contributed by atoms with Crippen LogP contribution >= 0.6 is 0 Å². The Balaban J connectivity index is 1.45. The molecule has 7 nitrogen and oxygen atoms in total. The van der Waals surface area contributed by atoms with Crippen LogP contribution in [0.15, 0.2) is 16.8 Å². The molecule has 0 aromatic carbocycles. The average Bonchev–Trinajstić information content (AvgIpc) is 3.55. The van der Waals surface area contributed by atoms with Gasteiger partial charge in [0.2, 0.25) is 11.9 Å². The third-order valence-corrected chi connectivity index (χ3v) is 6.91. The molecule has 30 heavy (non-hydrogen) atoms. The van der Waals surface area contributed by atoms with Gasteiger partial charge in [0.15, 0.2) is 5.76 Å². The number of aryl methyl sites for hydroxylation is 1. The Kier molecular flexibility index (Phi) is 5.44. The lowest BCUT2D eigenvalue weighted by molar-refractivity contribution is -0.136. The van der Waals surface area contributed by atoms with Gasteiger partial charge in [0.25, 0.3) is 0 Å². The quantitative estimate of drug-likeness (QED) is 0.761. The number of carbonyl (C=O) groups excluding carboxylic acids is 1. The number of likely N-dealkylation sites (tertiary alicyclic amines) is 1. The molecule has 0 N–H and O–H groups in total. The second-order valence-electron chi connectivity index (χ2n) is 9.10. The summed E-state index contributed by atoms with van der Waals surface area (Å²) in [7, 11) is 0. The van der Waals surface area contributed by atoms with E-state index in [2.05, 4.69) is 19.9 Å². The number of hydrogen-bond acceptors (Lipinski definition) is 6. The predicted molar refractivity (Wildman–Crippen MR) is 114 cm³/mol. The van der Waals surface area contributed by atoms with E-state index in [1.54, 1.807) is 0 Å². The highest BCUT2D eigenvalue weighted by Gasteiger charge is 2.33. The second kappa shape index (κ2) is 8.36. The highest BCUT2D eigenvalue weighted by Crippen LogP contribution is 2.36. The molecule has 1 saturated carbocycles. The summed E-state index contributed by atoms with van der Waals surface area (Å²) in [6.07, 6.45) is 10.8. The Morgan fingerprint density at radius 2 is 1.87 bits per heavy atom. The molecule has 7 heteroatoms. The highest BCUT2D eigenvalue weighted by atomic mass is 16.5. The zero-order chi connectivity index (χ0) is 20.5. The lowest BCUT2D eigenvalue weighted by Crippen LogP contribution is -2.42. The minimum absolute atomic E-state index is 0.203. The van der Waals surface area contributed by atoms with Gasteiger partial charge in [-0.15, -0.1) is 0 Å². The van der Waals surface area contributed by atoms with E-state index in [-0.39, 0.29) is 11.8 Å². The molecule has 0 spiro atoms. The van der Waals surface area contributed by atoms with Crippen molar-refractivity contribution < 1.29 is 9.32 Å². The van der Waals surface area contributed by atoms with E-state index in [1.165, 1.54) is 25.7 Å². The zero-order valence-corrected chi connectivity index (χ0v) is 17.8. The van der Waals surface area contributed by atoms with E-state index in [9.17, 15) is 4.79 Å². The first-order chi connectivity index (χ1) is 14.7. The smallest absolute Gasteiger partial charge is 0.225 e. The summed E-state index contributed by atoms with van der Waals surface area (Å²) in [5.41, 5.74) is 2.77. The van der Waals surface area contributed by atoms with Crippen LogP contribution in [0.1, 0.15) is 68.7 Å². The first-order valence-corrected chi connectivity index (χ1v) is 11.5. The van der Waals surface area contributed by atoms with Crippen LogP contribution in [0.3, 0.4) is 0 Å². The van der Waals surface area contributed by atoms with Crippen LogP contribution < -0.4 is 4.90 Å². The van der Waals surface area contributed by atoms with Gasteiger partial charge in [0, 0.05) is 50.3 Å². The van der Waals surface area contributed by atoms with Gasteiger partial charge in [0.1, 0.15) is 0 Å². The Morgan fingerprint density at radius 3 is 2.60 bits per heavy atom. The zero-order valence-electron chi connectivity index (χ0n) is 17.8. The maximum Gasteiger partial charge on any atom is 0.225 e. The lowest BCUT2D eigenvalue weighted by atomic mass is 9.90. The highest BCUT2D eigenvalue weighted by molar-refractivity contribution is 5.79. The first-order valence-electron chi connectivity index (χ1n) is 11.5. The molecule has 2 aliphatic heterocycles. The standard InChI is InChI=1S/C23H31N5O2/c1-16-13-20(30-26-16)19-14-24-23(27-10-4-5-11-27)25-21(19)18-9-6-12-28(15-18)22(29)17-7-2-3-8-17/h13-14,17-18H,2-12,15H2,1H3/t18-/m0/s1. The van der Waals surface area contributed by atoms with Gasteiger partial charge in [0.05, 0.1) is 17.0 Å². The molecule has 160 valence electrons. The van der Waals surface area contributed by atoms with Gasteiger partial charge in [-0.1, -0.05) is 18.0 Å². The Labute approximate surface area is 177 Å². The summed E-state index contributed by atoms with van der Waals surface area (Å²) in [5.74, 6) is 2.30. The van der Waals surface area contributed by atoms with Crippen molar-refractivity contribution in [3.63, 3.8) is 0 Å². The van der Waals surface area contributed by atoms with Gasteiger partial charge < -0.3 is 14.3 Å². The molecule has 2 aromatic rings. The predicted octanol–water partition coefficient (Wildman–Crippen LogP) is 3.94. The van der Waals surface area contributed by atoms with Crippen LogP contribution in [0.5, 0.6) is 0 Å². The monoisotopic (exact) mass is 409 g/mol. The van der Waals surface area contributed by atoms with Crippen LogP contribution in [0.4, 0.5) is 5.95 Å². The van der Waals surface area contributed by atoms with Crippen molar-refractivity contribution in [3.05, 3.63) is 23.7 Å². The molecular weight excluding hydrogens is 378 g/mol. The molecule has 2 saturated heterocycles. The molecule has 0 radical (unpaired) electrons. The summed E-state index contributed by atoms with van der Waals surface area (Å²) >= 11 is 0. The number of aromatic nitrogens is 3. The number of hydrogen-bond donors (Lipinski definition) is 0. The molecule has 5 rings (SSSR count). The van der Waals surface area contributed by atoms with E-state index in [1.807, 2.05) is 19.2 Å². The van der Waals surface area contributed by atoms with Gasteiger partial charge in [-0.25, -0.2) is 9.97 Å². The number of rotatable bonds is 4. The largest absolute Gasteiger partial charge is 0.356 e. The minimum Gasteiger partial charge on any atom is -0.356 e. The Morgan fingerprint density at radius 1 is 1.07 bits per heavy atom. The number of carbonyl (C=O) groups is 1.